The molecule has 0 aliphatic carbocycles. The van der Waals surface area contributed by atoms with Gasteiger partial charge in [-0.1, -0.05) is 32.2 Å². The lowest BCUT2D eigenvalue weighted by atomic mass is 10.1. The van der Waals surface area contributed by atoms with Crippen molar-refractivity contribution in [3.8, 4) is 0 Å². The topological polar surface area (TPSA) is 69.2 Å². The minimum atomic E-state index is -4.30. The zero-order chi connectivity index (χ0) is 10.9. The Morgan fingerprint density at radius 2 is 1.60 bits per heavy atom. The molecule has 0 spiro atoms. The Morgan fingerprint density at radius 3 is 2.07 bits per heavy atom. The summed E-state index contributed by atoms with van der Waals surface area (Å²) in [5.74, 6) is 0. The maximum atomic E-state index is 10.5. The first kappa shape index (κ1) is 11.4. The normalized spacial score (nSPS) is 16.7. The lowest BCUT2D eigenvalue weighted by Gasteiger charge is -2.42. The Morgan fingerprint density at radius 1 is 1.07 bits per heavy atom. The number of hydrogen-bond donors (Lipinski definition) is 0. The zero-order valence-electron chi connectivity index (χ0n) is 8.26. The second-order valence-electron chi connectivity index (χ2n) is 3.81. The maximum Gasteiger partial charge on any atom is 0.0464 e. The van der Waals surface area contributed by atoms with E-state index in [0.717, 1.165) is 12.3 Å². The molecule has 1 aliphatic rings. The summed E-state index contributed by atoms with van der Waals surface area (Å²) in [5, 5.41) is 0. The smallest absolute Gasteiger partial charge is 0.0464 e. The van der Waals surface area contributed by atoms with E-state index in [0.29, 0.717) is 6.16 Å². The van der Waals surface area contributed by atoms with Crippen LogP contribution >= 0.6 is 15.9 Å². The van der Waals surface area contributed by atoms with Gasteiger partial charge in [0.15, 0.2) is 0 Å². The molecule has 2 rings (SSSR count). The lowest BCUT2D eigenvalue weighted by Crippen LogP contribution is -2.35. The van der Waals surface area contributed by atoms with E-state index in [2.05, 4.69) is 12.1 Å². The van der Waals surface area contributed by atoms with Gasteiger partial charge in [0.05, 0.1) is 0 Å². The average molecular weight is 242 g/mol. The summed E-state index contributed by atoms with van der Waals surface area (Å²) in [6.07, 6.45) is 2.35. The van der Waals surface area contributed by atoms with Crippen LogP contribution in [0.1, 0.15) is 11.1 Å². The first-order chi connectivity index (χ1) is 7.04. The highest BCUT2D eigenvalue weighted by molar-refractivity contribution is 7.59. The molecule has 1 aliphatic heterocycles. The predicted molar refractivity (Wildman–Crippen MR) is 57.4 cm³/mol. The molecule has 82 valence electrons. The van der Waals surface area contributed by atoms with Crippen LogP contribution in [0.3, 0.4) is 0 Å². The van der Waals surface area contributed by atoms with Gasteiger partial charge in [-0.3, -0.25) is 0 Å². The molecule has 0 aromatic heterocycles. The number of hydrogen-bond acceptors (Lipinski definition) is 3. The van der Waals surface area contributed by atoms with Crippen LogP contribution < -0.4 is 14.7 Å². The van der Waals surface area contributed by atoms with E-state index in [4.69, 9.17) is 0 Å². The van der Waals surface area contributed by atoms with Gasteiger partial charge in [-0.15, -0.1) is 0 Å². The number of rotatable bonds is 3. The minimum Gasteiger partial charge on any atom is -0.688 e. The van der Waals surface area contributed by atoms with Gasteiger partial charge < -0.3 is 14.7 Å². The Labute approximate surface area is 91.1 Å². The Hall–Kier alpha value is -0.0400. The fourth-order valence-corrected chi connectivity index (χ4v) is 5.95. The van der Waals surface area contributed by atoms with Crippen LogP contribution in [0.5, 0.6) is 0 Å². The van der Waals surface area contributed by atoms with Crippen molar-refractivity contribution >= 4 is 15.9 Å². The van der Waals surface area contributed by atoms with Gasteiger partial charge in [-0.25, -0.2) is 0 Å². The van der Waals surface area contributed by atoms with Crippen LogP contribution in [0.15, 0.2) is 24.3 Å². The third-order valence-electron chi connectivity index (χ3n) is 2.60. The molecule has 0 amide bonds. The molecule has 1 heterocycles. The van der Waals surface area contributed by atoms with E-state index in [9.17, 15) is 14.7 Å². The molecule has 1 aromatic rings. The highest BCUT2D eigenvalue weighted by Gasteiger charge is 2.20. The van der Waals surface area contributed by atoms with Crippen molar-refractivity contribution in [2.24, 2.45) is 0 Å². The molecule has 0 atom stereocenters. The molecule has 0 unspecified atom stereocenters. The molecule has 0 bridgehead atoms. The van der Waals surface area contributed by atoms with Crippen LogP contribution in [-0.4, -0.2) is 12.3 Å². The SMILES string of the molecule is [O-][P+]([O-])([O-])CCP1Cc2ccccc2C1. The van der Waals surface area contributed by atoms with Crippen molar-refractivity contribution < 1.29 is 14.7 Å². The molecule has 0 saturated heterocycles. The van der Waals surface area contributed by atoms with Gasteiger partial charge in [-0.05, 0) is 23.5 Å². The second-order valence-corrected chi connectivity index (χ2v) is 7.90. The van der Waals surface area contributed by atoms with Gasteiger partial charge in [0.25, 0.3) is 0 Å². The molecular weight excluding hydrogens is 230 g/mol. The molecule has 1 aromatic carbocycles. The summed E-state index contributed by atoms with van der Waals surface area (Å²) in [6, 6.07) is 8.19. The molecule has 15 heavy (non-hydrogen) atoms. The summed E-state index contributed by atoms with van der Waals surface area (Å²) in [6.45, 7) is 0. The van der Waals surface area contributed by atoms with Crippen LogP contribution in [0.4, 0.5) is 0 Å². The third-order valence-corrected chi connectivity index (χ3v) is 6.15. The van der Waals surface area contributed by atoms with Gasteiger partial charge in [0.1, 0.15) is 0 Å². The van der Waals surface area contributed by atoms with Crippen LogP contribution in [0.25, 0.3) is 0 Å². The Bertz CT molecular complexity index is 324. The second kappa shape index (κ2) is 4.45. The van der Waals surface area contributed by atoms with Gasteiger partial charge in [0.2, 0.25) is 0 Å². The quantitative estimate of drug-likeness (QED) is 0.702. The van der Waals surface area contributed by atoms with Crippen molar-refractivity contribution in [3.05, 3.63) is 35.4 Å². The summed E-state index contributed by atoms with van der Waals surface area (Å²) in [5.41, 5.74) is 2.66. The van der Waals surface area contributed by atoms with Crippen LogP contribution in [-0.2, 0) is 12.3 Å². The number of benzene rings is 1. The van der Waals surface area contributed by atoms with E-state index < -0.39 is 7.94 Å². The van der Waals surface area contributed by atoms with E-state index in [1.807, 2.05) is 12.1 Å². The fourth-order valence-electron chi connectivity index (χ4n) is 1.83. The Kier molecular flexibility index (Phi) is 3.39. The highest BCUT2D eigenvalue weighted by atomic mass is 31.2. The first-order valence-electron chi connectivity index (χ1n) is 4.85. The molecule has 3 nitrogen and oxygen atoms in total. The van der Waals surface area contributed by atoms with Crippen molar-refractivity contribution in [2.45, 2.75) is 12.3 Å². The molecule has 0 fully saturated rings. The lowest BCUT2D eigenvalue weighted by molar-refractivity contribution is -0.427. The third kappa shape index (κ3) is 3.21. The van der Waals surface area contributed by atoms with Crippen molar-refractivity contribution in [2.75, 3.05) is 12.3 Å². The first-order valence-corrected chi connectivity index (χ1v) is 8.47. The molecule has 5 heteroatoms. The number of fused-ring (bicyclic) bond motifs is 1. The van der Waals surface area contributed by atoms with Crippen LogP contribution in [0, 0.1) is 0 Å². The molecule has 0 N–H and O–H groups in total. The molecular formula is C10H12O3P2-2. The fraction of sp³-hybridized carbons (Fsp3) is 0.400. The maximum absolute atomic E-state index is 10.5. The van der Waals surface area contributed by atoms with Crippen molar-refractivity contribution in [1.29, 1.82) is 0 Å². The van der Waals surface area contributed by atoms with Crippen molar-refractivity contribution in [1.82, 2.24) is 0 Å². The van der Waals surface area contributed by atoms with Gasteiger partial charge in [0, 0.05) is 12.3 Å². The summed E-state index contributed by atoms with van der Waals surface area (Å²) >= 11 is 0. The summed E-state index contributed by atoms with van der Waals surface area (Å²) < 4.78 is 0. The van der Waals surface area contributed by atoms with Gasteiger partial charge >= 0.3 is 0 Å². The van der Waals surface area contributed by atoms with Crippen LogP contribution in [0.2, 0.25) is 0 Å². The molecule has 0 saturated carbocycles. The zero-order valence-corrected chi connectivity index (χ0v) is 10.0. The Balaban J connectivity index is 1.91. The van der Waals surface area contributed by atoms with E-state index in [1.165, 1.54) is 11.1 Å². The minimum absolute atomic E-state index is 0.174. The predicted octanol–water partition coefficient (Wildman–Crippen LogP) is 0.0256. The summed E-state index contributed by atoms with van der Waals surface area (Å²) in [4.78, 5) is 31.6. The largest absolute Gasteiger partial charge is 0.688 e. The molecule has 0 radical (unpaired) electrons. The summed E-state index contributed by atoms with van der Waals surface area (Å²) in [7, 11) is -4.61. The van der Waals surface area contributed by atoms with Gasteiger partial charge in [-0.2, -0.15) is 7.94 Å². The van der Waals surface area contributed by atoms with Crippen molar-refractivity contribution in [3.63, 3.8) is 0 Å². The van der Waals surface area contributed by atoms with E-state index in [-0.39, 0.29) is 14.1 Å². The monoisotopic (exact) mass is 242 g/mol. The van der Waals surface area contributed by atoms with E-state index in [1.54, 1.807) is 0 Å². The average Bonchev–Trinajstić information content (AvgIpc) is 2.56. The van der Waals surface area contributed by atoms with E-state index >= 15 is 0 Å². The highest BCUT2D eigenvalue weighted by Crippen LogP contribution is 2.51. The standard InChI is InChI=1S/C10H14O3P2/c11-15(12,13)6-5-14-7-9-3-1-2-4-10(9)8-14/h1-4H,5-8H2,(H2,11,12,13)/p-2.